The fourth-order valence-corrected chi connectivity index (χ4v) is 5.18. The number of nitrogens with zero attached hydrogens (tertiary/aromatic N) is 1. The molecule has 2 rings (SSSR count). The van der Waals surface area contributed by atoms with Crippen molar-refractivity contribution in [3.63, 3.8) is 0 Å². The summed E-state index contributed by atoms with van der Waals surface area (Å²) in [6.45, 7) is 4.69. The number of halogens is 2. The van der Waals surface area contributed by atoms with Crippen LogP contribution < -0.4 is 5.32 Å². The van der Waals surface area contributed by atoms with Crippen molar-refractivity contribution in [2.45, 2.75) is 25.3 Å². The van der Waals surface area contributed by atoms with Gasteiger partial charge >= 0.3 is 0 Å². The molecule has 2 aromatic rings. The number of carbonyl (C=O) groups excluding carboxylic acids is 1. The van der Waals surface area contributed by atoms with Gasteiger partial charge in [-0.3, -0.25) is 4.79 Å². The highest BCUT2D eigenvalue weighted by Crippen LogP contribution is 2.31. The van der Waals surface area contributed by atoms with Gasteiger partial charge in [0.05, 0.1) is 14.8 Å². The number of hydrogen-bond acceptors (Lipinski definition) is 4. The van der Waals surface area contributed by atoms with E-state index in [-0.39, 0.29) is 17.3 Å². The molecule has 1 N–H and O–H groups in total. The summed E-state index contributed by atoms with van der Waals surface area (Å²) >= 11 is 12.9. The van der Waals surface area contributed by atoms with Gasteiger partial charge in [-0.2, -0.15) is 4.31 Å². The molecule has 9 heteroatoms. The van der Waals surface area contributed by atoms with Gasteiger partial charge in [-0.1, -0.05) is 49.2 Å². The van der Waals surface area contributed by atoms with E-state index in [1.165, 1.54) is 10.4 Å². The lowest BCUT2D eigenvalue weighted by Crippen LogP contribution is -2.30. The highest BCUT2D eigenvalue weighted by molar-refractivity contribution is 7.89. The molecule has 136 valence electrons. The zero-order chi connectivity index (χ0) is 18.6. The number of carbonyl (C=O) groups is 1. The Morgan fingerprint density at radius 1 is 1.16 bits per heavy atom. The van der Waals surface area contributed by atoms with Crippen LogP contribution in [0, 0.1) is 0 Å². The fraction of sp³-hybridized carbons (Fsp3) is 0.312. The molecule has 1 heterocycles. The van der Waals surface area contributed by atoms with Crippen LogP contribution in [0.25, 0.3) is 0 Å². The van der Waals surface area contributed by atoms with Crippen LogP contribution in [0.2, 0.25) is 8.67 Å². The highest BCUT2D eigenvalue weighted by Gasteiger charge is 2.21. The van der Waals surface area contributed by atoms with E-state index in [1.54, 1.807) is 38.1 Å². The monoisotopic (exact) mass is 420 g/mol. The third kappa shape index (κ3) is 4.74. The maximum Gasteiger partial charge on any atom is 0.253 e. The van der Waals surface area contributed by atoms with E-state index >= 15 is 0 Å². The Labute approximate surface area is 161 Å². The number of hydrogen-bond donors (Lipinski definition) is 1. The molecular formula is C16H18Cl2N2O3S2. The molecule has 5 nitrogen and oxygen atoms in total. The van der Waals surface area contributed by atoms with Gasteiger partial charge in [0, 0.05) is 19.6 Å². The highest BCUT2D eigenvalue weighted by atomic mass is 35.5. The standard InChI is InChI=1S/C16H18Cl2N2O3S2/c1-3-20(4-2)25(22,23)12-7-5-11(6-8-12)10-19-16(21)13-9-14(17)24-15(13)18/h5-9H,3-4,10H2,1-2H3,(H,19,21). The largest absolute Gasteiger partial charge is 0.348 e. The number of sulfonamides is 1. The number of rotatable bonds is 7. The summed E-state index contributed by atoms with van der Waals surface area (Å²) < 4.78 is 27.0. The summed E-state index contributed by atoms with van der Waals surface area (Å²) in [6.07, 6.45) is 0. The maximum atomic E-state index is 12.4. The summed E-state index contributed by atoms with van der Waals surface area (Å²) in [5, 5.41) is 2.74. The molecule has 0 aliphatic carbocycles. The molecule has 0 atom stereocenters. The minimum Gasteiger partial charge on any atom is -0.348 e. The number of thiophene rings is 1. The predicted molar refractivity (Wildman–Crippen MR) is 102 cm³/mol. The van der Waals surface area contributed by atoms with E-state index in [0.29, 0.717) is 27.3 Å². The lowest BCUT2D eigenvalue weighted by molar-refractivity contribution is 0.0951. The first kappa shape index (κ1) is 20.2. The zero-order valence-corrected chi connectivity index (χ0v) is 16.9. The predicted octanol–water partition coefficient (Wildman–Crippen LogP) is 4.02. The van der Waals surface area contributed by atoms with Gasteiger partial charge in [-0.05, 0) is 23.8 Å². The van der Waals surface area contributed by atoms with Gasteiger partial charge in [-0.15, -0.1) is 11.3 Å². The number of benzene rings is 1. The SMILES string of the molecule is CCN(CC)S(=O)(=O)c1ccc(CNC(=O)c2cc(Cl)sc2Cl)cc1. The quantitative estimate of drug-likeness (QED) is 0.735. The molecule has 0 radical (unpaired) electrons. The van der Waals surface area contributed by atoms with Gasteiger partial charge in [0.1, 0.15) is 4.34 Å². The average Bonchev–Trinajstić information content (AvgIpc) is 2.92. The molecule has 0 unspecified atom stereocenters. The summed E-state index contributed by atoms with van der Waals surface area (Å²) in [5.41, 5.74) is 1.11. The van der Waals surface area contributed by atoms with Crippen molar-refractivity contribution in [2.24, 2.45) is 0 Å². The van der Waals surface area contributed by atoms with Gasteiger partial charge in [0.25, 0.3) is 5.91 Å². The van der Waals surface area contributed by atoms with Crippen molar-refractivity contribution in [1.29, 1.82) is 0 Å². The van der Waals surface area contributed by atoms with E-state index in [2.05, 4.69) is 5.32 Å². The molecule has 0 saturated carbocycles. The van der Waals surface area contributed by atoms with Gasteiger partial charge in [-0.25, -0.2) is 8.42 Å². The van der Waals surface area contributed by atoms with Gasteiger partial charge in [0.2, 0.25) is 10.0 Å². The maximum absolute atomic E-state index is 12.4. The van der Waals surface area contributed by atoms with E-state index in [1.807, 2.05) is 0 Å². The number of amides is 1. The summed E-state index contributed by atoms with van der Waals surface area (Å²) in [6, 6.07) is 7.97. The van der Waals surface area contributed by atoms with Crippen molar-refractivity contribution in [1.82, 2.24) is 9.62 Å². The Balaban J connectivity index is 2.06. The van der Waals surface area contributed by atoms with Gasteiger partial charge in [0.15, 0.2) is 0 Å². The fourth-order valence-electron chi connectivity index (χ4n) is 2.26. The lowest BCUT2D eigenvalue weighted by atomic mass is 10.2. The Morgan fingerprint density at radius 2 is 1.76 bits per heavy atom. The molecule has 25 heavy (non-hydrogen) atoms. The first-order chi connectivity index (χ1) is 11.8. The second-order valence-corrected chi connectivity index (χ2v) is 9.38. The minimum absolute atomic E-state index is 0.235. The molecular weight excluding hydrogens is 403 g/mol. The third-order valence-electron chi connectivity index (χ3n) is 3.62. The molecule has 0 bridgehead atoms. The van der Waals surface area contributed by atoms with Crippen molar-refractivity contribution in [2.75, 3.05) is 13.1 Å². The Bertz CT molecular complexity index is 845. The van der Waals surface area contributed by atoms with E-state index < -0.39 is 10.0 Å². The molecule has 0 fully saturated rings. The molecule has 0 spiro atoms. The zero-order valence-electron chi connectivity index (χ0n) is 13.8. The Hall–Kier alpha value is -1.12. The molecule has 1 aromatic heterocycles. The van der Waals surface area contributed by atoms with E-state index in [4.69, 9.17) is 23.2 Å². The van der Waals surface area contributed by atoms with Crippen molar-refractivity contribution in [3.8, 4) is 0 Å². The van der Waals surface area contributed by atoms with Crippen molar-refractivity contribution >= 4 is 50.5 Å². The topological polar surface area (TPSA) is 66.5 Å². The van der Waals surface area contributed by atoms with Crippen LogP contribution >= 0.6 is 34.5 Å². The first-order valence-corrected chi connectivity index (χ1v) is 10.6. The Morgan fingerprint density at radius 3 is 2.24 bits per heavy atom. The van der Waals surface area contributed by atoms with Crippen LogP contribution in [0.5, 0.6) is 0 Å². The average molecular weight is 421 g/mol. The van der Waals surface area contributed by atoms with E-state index in [9.17, 15) is 13.2 Å². The second-order valence-electron chi connectivity index (χ2n) is 5.15. The van der Waals surface area contributed by atoms with Crippen molar-refractivity contribution < 1.29 is 13.2 Å². The first-order valence-electron chi connectivity index (χ1n) is 7.61. The summed E-state index contributed by atoms with van der Waals surface area (Å²) in [7, 11) is -3.48. The van der Waals surface area contributed by atoms with Gasteiger partial charge < -0.3 is 5.32 Å². The van der Waals surface area contributed by atoms with Crippen LogP contribution in [0.3, 0.4) is 0 Å². The third-order valence-corrected chi connectivity index (χ3v) is 7.17. The number of nitrogens with one attached hydrogen (secondary N) is 1. The summed E-state index contributed by atoms with van der Waals surface area (Å²) in [4.78, 5) is 12.3. The molecule has 1 aromatic carbocycles. The normalized spacial score (nSPS) is 11.7. The Kier molecular flexibility index (Phi) is 6.87. The second kappa shape index (κ2) is 8.51. The molecule has 0 aliphatic rings. The molecule has 0 saturated heterocycles. The van der Waals surface area contributed by atoms with Crippen molar-refractivity contribution in [3.05, 3.63) is 50.1 Å². The van der Waals surface area contributed by atoms with Crippen LogP contribution in [0.15, 0.2) is 35.2 Å². The molecule has 0 aliphatic heterocycles. The summed E-state index contributed by atoms with van der Waals surface area (Å²) in [5.74, 6) is -0.326. The smallest absolute Gasteiger partial charge is 0.253 e. The lowest BCUT2D eigenvalue weighted by Gasteiger charge is -2.18. The molecule has 1 amide bonds. The van der Waals surface area contributed by atoms with Crippen LogP contribution in [0.1, 0.15) is 29.8 Å². The van der Waals surface area contributed by atoms with E-state index in [0.717, 1.165) is 16.9 Å². The van der Waals surface area contributed by atoms with Crippen LogP contribution in [0.4, 0.5) is 0 Å². The minimum atomic E-state index is -3.48. The van der Waals surface area contributed by atoms with Crippen LogP contribution in [-0.2, 0) is 16.6 Å². The van der Waals surface area contributed by atoms with Crippen LogP contribution in [-0.4, -0.2) is 31.7 Å².